The summed E-state index contributed by atoms with van der Waals surface area (Å²) in [6.07, 6.45) is 5.73. The van der Waals surface area contributed by atoms with Crippen LogP contribution in [0.5, 0.6) is 0 Å². The first kappa shape index (κ1) is 10.7. The average molecular weight is 216 g/mol. The number of aryl methyl sites for hydroxylation is 2. The van der Waals surface area contributed by atoms with Gasteiger partial charge in [0.2, 0.25) is 0 Å². The molecular weight excluding hydrogens is 200 g/mol. The third-order valence-electron chi connectivity index (χ3n) is 2.48. The first-order valence-electron chi connectivity index (χ1n) is 5.46. The molecule has 2 heterocycles. The van der Waals surface area contributed by atoms with E-state index in [4.69, 9.17) is 0 Å². The molecule has 0 fully saturated rings. The lowest BCUT2D eigenvalue weighted by Gasteiger charge is -2.06. The van der Waals surface area contributed by atoms with Gasteiger partial charge >= 0.3 is 0 Å². The average Bonchev–Trinajstić information content (AvgIpc) is 2.76. The molecule has 0 aliphatic carbocycles. The molecule has 0 amide bonds. The summed E-state index contributed by atoms with van der Waals surface area (Å²) in [4.78, 5) is 4.28. The second kappa shape index (κ2) is 4.79. The molecule has 0 bridgehead atoms. The summed E-state index contributed by atoms with van der Waals surface area (Å²) in [5.74, 6) is 0.937. The van der Waals surface area contributed by atoms with Crippen molar-refractivity contribution in [2.45, 2.75) is 26.9 Å². The van der Waals surface area contributed by atoms with Crippen LogP contribution in [0.3, 0.4) is 0 Å². The number of hydrogen-bond donors (Lipinski definition) is 1. The van der Waals surface area contributed by atoms with Crippen LogP contribution in [0.4, 0.5) is 5.82 Å². The van der Waals surface area contributed by atoms with Crippen LogP contribution in [0.25, 0.3) is 0 Å². The molecule has 0 unspecified atom stereocenters. The number of nitrogens with one attached hydrogen (secondary N) is 1. The quantitative estimate of drug-likeness (QED) is 0.852. The van der Waals surface area contributed by atoms with Gasteiger partial charge in [0.05, 0.1) is 6.20 Å². The molecule has 0 aromatic carbocycles. The number of anilines is 1. The molecule has 2 aromatic heterocycles. The highest BCUT2D eigenvalue weighted by molar-refractivity contribution is 5.42. The first-order chi connectivity index (χ1) is 7.79. The van der Waals surface area contributed by atoms with E-state index < -0.39 is 0 Å². The third kappa shape index (κ3) is 2.39. The largest absolute Gasteiger partial charge is 0.366 e. The standard InChI is InChI=1S/C12H16N4/c1-3-16-9-11(8-15-16)7-14-12-10(2)5-4-6-13-12/h4-6,8-9H,3,7H2,1-2H3,(H,13,14). The van der Waals surface area contributed by atoms with Crippen LogP contribution in [0.15, 0.2) is 30.7 Å². The van der Waals surface area contributed by atoms with E-state index in [2.05, 4.69) is 22.3 Å². The van der Waals surface area contributed by atoms with E-state index in [0.29, 0.717) is 0 Å². The summed E-state index contributed by atoms with van der Waals surface area (Å²) in [6.45, 7) is 5.79. The minimum atomic E-state index is 0.762. The molecule has 2 aromatic rings. The second-order valence-corrected chi connectivity index (χ2v) is 3.73. The van der Waals surface area contributed by atoms with E-state index in [1.165, 1.54) is 5.56 Å². The van der Waals surface area contributed by atoms with Crippen molar-refractivity contribution in [3.05, 3.63) is 41.9 Å². The highest BCUT2D eigenvalue weighted by Gasteiger charge is 2.00. The van der Waals surface area contributed by atoms with Crippen molar-refractivity contribution in [2.75, 3.05) is 5.32 Å². The monoisotopic (exact) mass is 216 g/mol. The number of hydrogen-bond acceptors (Lipinski definition) is 3. The minimum Gasteiger partial charge on any atom is -0.366 e. The Morgan fingerprint density at radius 3 is 3.00 bits per heavy atom. The molecule has 4 nitrogen and oxygen atoms in total. The second-order valence-electron chi connectivity index (χ2n) is 3.73. The van der Waals surface area contributed by atoms with Gasteiger partial charge in [-0.2, -0.15) is 5.10 Å². The molecule has 84 valence electrons. The molecule has 0 aliphatic heterocycles. The lowest BCUT2D eigenvalue weighted by Crippen LogP contribution is -2.02. The summed E-state index contributed by atoms with van der Waals surface area (Å²) in [6, 6.07) is 3.99. The van der Waals surface area contributed by atoms with Gasteiger partial charge in [-0.05, 0) is 25.5 Å². The Morgan fingerprint density at radius 1 is 1.44 bits per heavy atom. The maximum atomic E-state index is 4.28. The molecule has 1 N–H and O–H groups in total. The highest BCUT2D eigenvalue weighted by atomic mass is 15.3. The van der Waals surface area contributed by atoms with E-state index in [1.54, 1.807) is 6.20 Å². The van der Waals surface area contributed by atoms with Crippen molar-refractivity contribution < 1.29 is 0 Å². The first-order valence-corrected chi connectivity index (χ1v) is 5.46. The normalized spacial score (nSPS) is 10.4. The van der Waals surface area contributed by atoms with Crippen LogP contribution in [-0.2, 0) is 13.1 Å². The van der Waals surface area contributed by atoms with Crippen molar-refractivity contribution in [2.24, 2.45) is 0 Å². The van der Waals surface area contributed by atoms with Gasteiger partial charge in [-0.25, -0.2) is 4.98 Å². The van der Waals surface area contributed by atoms with Crippen LogP contribution in [0, 0.1) is 6.92 Å². The summed E-state index contributed by atoms with van der Waals surface area (Å²) >= 11 is 0. The van der Waals surface area contributed by atoms with Crippen LogP contribution in [0.1, 0.15) is 18.1 Å². The molecule has 0 spiro atoms. The number of nitrogens with zero attached hydrogens (tertiary/aromatic N) is 3. The van der Waals surface area contributed by atoms with Crippen molar-refractivity contribution in [3.8, 4) is 0 Å². The fourth-order valence-electron chi connectivity index (χ4n) is 1.53. The molecule has 2 rings (SSSR count). The van der Waals surface area contributed by atoms with Crippen LogP contribution < -0.4 is 5.32 Å². The van der Waals surface area contributed by atoms with Gasteiger partial charge in [-0.15, -0.1) is 0 Å². The fraction of sp³-hybridized carbons (Fsp3) is 0.333. The Bertz CT molecular complexity index is 462. The van der Waals surface area contributed by atoms with E-state index >= 15 is 0 Å². The Morgan fingerprint density at radius 2 is 2.31 bits per heavy atom. The van der Waals surface area contributed by atoms with E-state index in [1.807, 2.05) is 36.1 Å². The lowest BCUT2D eigenvalue weighted by atomic mass is 10.3. The van der Waals surface area contributed by atoms with E-state index in [0.717, 1.165) is 24.5 Å². The van der Waals surface area contributed by atoms with Crippen molar-refractivity contribution in [1.82, 2.24) is 14.8 Å². The SMILES string of the molecule is CCn1cc(CNc2ncccc2C)cn1. The molecule has 0 radical (unpaired) electrons. The lowest BCUT2D eigenvalue weighted by molar-refractivity contribution is 0.659. The van der Waals surface area contributed by atoms with Gasteiger partial charge in [0, 0.05) is 31.0 Å². The number of aromatic nitrogens is 3. The van der Waals surface area contributed by atoms with Gasteiger partial charge in [-0.3, -0.25) is 4.68 Å². The fourth-order valence-corrected chi connectivity index (χ4v) is 1.53. The minimum absolute atomic E-state index is 0.762. The molecule has 4 heteroatoms. The van der Waals surface area contributed by atoms with E-state index in [9.17, 15) is 0 Å². The molecule has 0 saturated carbocycles. The van der Waals surface area contributed by atoms with E-state index in [-0.39, 0.29) is 0 Å². The zero-order valence-electron chi connectivity index (χ0n) is 9.64. The molecule has 0 saturated heterocycles. The van der Waals surface area contributed by atoms with Gasteiger partial charge in [-0.1, -0.05) is 6.07 Å². The summed E-state index contributed by atoms with van der Waals surface area (Å²) in [5, 5.41) is 7.53. The predicted octanol–water partition coefficient (Wildman–Crippen LogP) is 2.22. The van der Waals surface area contributed by atoms with Crippen molar-refractivity contribution >= 4 is 5.82 Å². The molecule has 0 atom stereocenters. The Balaban J connectivity index is 1.99. The van der Waals surface area contributed by atoms with Crippen molar-refractivity contribution in [3.63, 3.8) is 0 Å². The van der Waals surface area contributed by atoms with Crippen LogP contribution in [-0.4, -0.2) is 14.8 Å². The number of rotatable bonds is 4. The summed E-state index contributed by atoms with van der Waals surface area (Å²) in [7, 11) is 0. The van der Waals surface area contributed by atoms with Gasteiger partial charge in [0.15, 0.2) is 0 Å². The molecule has 0 aliphatic rings. The predicted molar refractivity (Wildman–Crippen MR) is 64.2 cm³/mol. The highest BCUT2D eigenvalue weighted by Crippen LogP contribution is 2.10. The molecular formula is C12H16N4. The zero-order valence-corrected chi connectivity index (χ0v) is 9.64. The van der Waals surface area contributed by atoms with Crippen molar-refractivity contribution in [1.29, 1.82) is 0 Å². The van der Waals surface area contributed by atoms with Gasteiger partial charge in [0.1, 0.15) is 5.82 Å². The smallest absolute Gasteiger partial charge is 0.129 e. The maximum absolute atomic E-state index is 4.28. The Labute approximate surface area is 95.3 Å². The maximum Gasteiger partial charge on any atom is 0.129 e. The zero-order chi connectivity index (χ0) is 11.4. The molecule has 16 heavy (non-hydrogen) atoms. The summed E-state index contributed by atoms with van der Waals surface area (Å²) < 4.78 is 1.92. The van der Waals surface area contributed by atoms with Gasteiger partial charge < -0.3 is 5.32 Å². The van der Waals surface area contributed by atoms with Crippen LogP contribution in [0.2, 0.25) is 0 Å². The van der Waals surface area contributed by atoms with Gasteiger partial charge in [0.25, 0.3) is 0 Å². The topological polar surface area (TPSA) is 42.7 Å². The Hall–Kier alpha value is -1.84. The third-order valence-corrected chi connectivity index (χ3v) is 2.48. The summed E-state index contributed by atoms with van der Waals surface area (Å²) in [5.41, 5.74) is 2.33. The van der Waals surface area contributed by atoms with Crippen LogP contribution >= 0.6 is 0 Å². The Kier molecular flexibility index (Phi) is 3.19. The number of pyridine rings is 1.